The minimum Gasteiger partial charge on any atom is -0.510 e. The Labute approximate surface area is 192 Å². The van der Waals surface area contributed by atoms with Gasteiger partial charge in [0.1, 0.15) is 17.4 Å². The Bertz CT molecular complexity index is 1400. The number of H-pyrrole nitrogens is 1. The van der Waals surface area contributed by atoms with Gasteiger partial charge in [-0.05, 0) is 30.3 Å². The number of benzene rings is 2. The molecule has 2 heterocycles. The maximum Gasteiger partial charge on any atom is 0.262 e. The van der Waals surface area contributed by atoms with Crippen molar-refractivity contribution in [1.29, 1.82) is 5.26 Å². The van der Waals surface area contributed by atoms with Gasteiger partial charge >= 0.3 is 0 Å². The number of aromatic amines is 1. The van der Waals surface area contributed by atoms with Crippen LogP contribution in [0.2, 0.25) is 5.02 Å². The number of nitriles is 1. The van der Waals surface area contributed by atoms with Crippen molar-refractivity contribution >= 4 is 50.9 Å². The largest absolute Gasteiger partial charge is 0.510 e. The van der Waals surface area contributed by atoms with Crippen LogP contribution in [0, 0.1) is 11.3 Å². The Kier molecular flexibility index (Phi) is 6.46. The lowest BCUT2D eigenvalue weighted by Gasteiger charge is -2.13. The molecular weight excluding hydrogens is 450 g/mol. The van der Waals surface area contributed by atoms with Crippen molar-refractivity contribution in [2.24, 2.45) is 0 Å². The molecule has 0 aliphatic carbocycles. The van der Waals surface area contributed by atoms with Crippen LogP contribution in [0.1, 0.15) is 5.82 Å². The van der Waals surface area contributed by atoms with Crippen LogP contribution in [-0.4, -0.2) is 44.1 Å². The molecule has 4 rings (SSSR count). The number of nitrogens with zero attached hydrogens (tertiary/aromatic N) is 4. The van der Waals surface area contributed by atoms with Crippen molar-refractivity contribution in [2.45, 2.75) is 11.7 Å². The summed E-state index contributed by atoms with van der Waals surface area (Å²) in [5, 5.41) is 21.6. The summed E-state index contributed by atoms with van der Waals surface area (Å²) in [5.74, 6) is 0.128. The highest BCUT2D eigenvalue weighted by Crippen LogP contribution is 2.25. The lowest BCUT2D eigenvalue weighted by atomic mass is 10.2. The van der Waals surface area contributed by atoms with Crippen molar-refractivity contribution < 1.29 is 9.84 Å². The van der Waals surface area contributed by atoms with Gasteiger partial charge in [-0.25, -0.2) is 9.97 Å². The number of hydrogen-bond donors (Lipinski definition) is 2. The molecule has 0 amide bonds. The third kappa shape index (κ3) is 4.34. The summed E-state index contributed by atoms with van der Waals surface area (Å²) in [4.78, 5) is 25.0. The number of para-hydroxylation sites is 2. The number of nitrogens with one attached hydrogen (secondary N) is 1. The summed E-state index contributed by atoms with van der Waals surface area (Å²) in [6.07, 6.45) is 0. The highest BCUT2D eigenvalue weighted by Gasteiger charge is 2.16. The summed E-state index contributed by atoms with van der Waals surface area (Å²) in [6, 6.07) is 14.3. The first-order valence-electron chi connectivity index (χ1n) is 9.61. The van der Waals surface area contributed by atoms with E-state index in [0.717, 1.165) is 17.3 Å². The van der Waals surface area contributed by atoms with Crippen molar-refractivity contribution in [2.75, 3.05) is 19.5 Å². The van der Waals surface area contributed by atoms with Crippen molar-refractivity contribution in [3.8, 4) is 6.07 Å². The molecule has 0 saturated heterocycles. The lowest BCUT2D eigenvalue weighted by molar-refractivity contribution is 0.183. The molecule has 8 nitrogen and oxygen atoms in total. The molecule has 0 bridgehead atoms. The fourth-order valence-electron chi connectivity index (χ4n) is 3.19. The number of aliphatic hydroxyl groups is 1. The standard InChI is InChI=1S/C22H18ClN5O3S/c1-31-9-8-28-21(30)14-7-6-13(23)10-18(14)27-22(28)32-12-19(29)15(11-24)20-25-16-4-2-3-5-17(16)26-20/h2-7,10,29H,8-9,12H2,1H3,(H,25,26). The number of halogens is 1. The topological polar surface area (TPSA) is 117 Å². The third-order valence-electron chi connectivity index (χ3n) is 4.77. The number of rotatable bonds is 7. The SMILES string of the molecule is COCCn1c(SCC(O)=C(C#N)c2nc3ccccc3[nH]2)nc2cc(Cl)ccc2c1=O. The number of allylic oxidation sites excluding steroid dienone is 1. The zero-order valence-electron chi connectivity index (χ0n) is 17.0. The fourth-order valence-corrected chi connectivity index (χ4v) is 4.26. The van der Waals surface area contributed by atoms with Crippen LogP contribution < -0.4 is 5.56 Å². The summed E-state index contributed by atoms with van der Waals surface area (Å²) in [7, 11) is 1.55. The van der Waals surface area contributed by atoms with Gasteiger partial charge in [0.2, 0.25) is 0 Å². The number of hydrogen-bond acceptors (Lipinski definition) is 7. The van der Waals surface area contributed by atoms with Gasteiger partial charge in [-0.2, -0.15) is 5.26 Å². The lowest BCUT2D eigenvalue weighted by Crippen LogP contribution is -2.25. The molecule has 10 heteroatoms. The summed E-state index contributed by atoms with van der Waals surface area (Å²) >= 11 is 7.20. The van der Waals surface area contributed by atoms with Gasteiger partial charge < -0.3 is 14.8 Å². The summed E-state index contributed by atoms with van der Waals surface area (Å²) in [5.41, 5.74) is 1.71. The van der Waals surface area contributed by atoms with E-state index in [1.807, 2.05) is 30.3 Å². The number of methoxy groups -OCH3 is 1. The second kappa shape index (κ2) is 9.44. The molecule has 2 aromatic carbocycles. The van der Waals surface area contributed by atoms with Crippen LogP contribution in [0.25, 0.3) is 27.5 Å². The number of imidazole rings is 1. The average molecular weight is 468 g/mol. The zero-order valence-corrected chi connectivity index (χ0v) is 18.6. The molecule has 0 saturated carbocycles. The van der Waals surface area contributed by atoms with E-state index in [-0.39, 0.29) is 28.5 Å². The molecule has 2 aromatic heterocycles. The molecule has 162 valence electrons. The number of aliphatic hydroxyl groups excluding tert-OH is 1. The summed E-state index contributed by atoms with van der Waals surface area (Å²) in [6.45, 7) is 0.612. The van der Waals surface area contributed by atoms with Gasteiger partial charge in [-0.3, -0.25) is 9.36 Å². The van der Waals surface area contributed by atoms with E-state index < -0.39 is 0 Å². The maximum absolute atomic E-state index is 13.0. The Morgan fingerprint density at radius 2 is 2.09 bits per heavy atom. The van der Waals surface area contributed by atoms with E-state index in [0.29, 0.717) is 39.8 Å². The molecule has 0 spiro atoms. The Balaban J connectivity index is 1.70. The third-order valence-corrected chi connectivity index (χ3v) is 5.99. The first-order valence-corrected chi connectivity index (χ1v) is 11.0. The van der Waals surface area contributed by atoms with Crippen LogP contribution in [0.3, 0.4) is 0 Å². The normalized spacial score (nSPS) is 12.2. The Morgan fingerprint density at radius 3 is 2.84 bits per heavy atom. The smallest absolute Gasteiger partial charge is 0.262 e. The molecular formula is C22H18ClN5O3S. The molecule has 0 fully saturated rings. The van der Waals surface area contributed by atoms with Crippen molar-refractivity contribution in [1.82, 2.24) is 19.5 Å². The first kappa shape index (κ1) is 21.9. The van der Waals surface area contributed by atoms with E-state index in [4.69, 9.17) is 16.3 Å². The second-order valence-corrected chi connectivity index (χ2v) is 8.21. The van der Waals surface area contributed by atoms with E-state index in [1.54, 1.807) is 25.3 Å². The van der Waals surface area contributed by atoms with Crippen LogP contribution in [0.15, 0.2) is 58.2 Å². The number of thioether (sulfide) groups is 1. The highest BCUT2D eigenvalue weighted by atomic mass is 35.5. The van der Waals surface area contributed by atoms with Gasteiger partial charge in [0, 0.05) is 12.1 Å². The minimum atomic E-state index is -0.229. The summed E-state index contributed by atoms with van der Waals surface area (Å²) < 4.78 is 6.61. The fraction of sp³-hybridized carbons (Fsp3) is 0.182. The molecule has 0 aliphatic heterocycles. The van der Waals surface area contributed by atoms with Crippen LogP contribution in [-0.2, 0) is 11.3 Å². The van der Waals surface area contributed by atoms with E-state index in [9.17, 15) is 15.2 Å². The maximum atomic E-state index is 13.0. The Morgan fingerprint density at radius 1 is 1.28 bits per heavy atom. The van der Waals surface area contributed by atoms with E-state index >= 15 is 0 Å². The first-order chi connectivity index (χ1) is 15.5. The Hall–Kier alpha value is -3.32. The van der Waals surface area contributed by atoms with Crippen LogP contribution in [0.5, 0.6) is 0 Å². The van der Waals surface area contributed by atoms with Gasteiger partial charge in [-0.1, -0.05) is 35.5 Å². The second-order valence-electron chi connectivity index (χ2n) is 6.83. The number of aromatic nitrogens is 4. The van der Waals surface area contributed by atoms with E-state index in [1.165, 1.54) is 4.57 Å². The molecule has 4 aromatic rings. The predicted molar refractivity (Wildman–Crippen MR) is 125 cm³/mol. The average Bonchev–Trinajstić information content (AvgIpc) is 3.21. The molecule has 0 atom stereocenters. The van der Waals surface area contributed by atoms with Gasteiger partial charge in [0.15, 0.2) is 11.0 Å². The van der Waals surface area contributed by atoms with Crippen LogP contribution >= 0.6 is 23.4 Å². The molecule has 0 unspecified atom stereocenters. The quantitative estimate of drug-likeness (QED) is 0.181. The van der Waals surface area contributed by atoms with E-state index in [2.05, 4.69) is 15.0 Å². The van der Waals surface area contributed by atoms with Gasteiger partial charge in [0.05, 0.1) is 40.8 Å². The minimum absolute atomic E-state index is 0.0193. The monoisotopic (exact) mass is 467 g/mol. The van der Waals surface area contributed by atoms with Crippen LogP contribution in [0.4, 0.5) is 0 Å². The van der Waals surface area contributed by atoms with Gasteiger partial charge in [-0.15, -0.1) is 0 Å². The molecule has 0 radical (unpaired) electrons. The zero-order chi connectivity index (χ0) is 22.7. The molecule has 0 aliphatic rings. The van der Waals surface area contributed by atoms with Crippen molar-refractivity contribution in [3.05, 3.63) is 69.4 Å². The molecule has 2 N–H and O–H groups in total. The van der Waals surface area contributed by atoms with Gasteiger partial charge in [0.25, 0.3) is 5.56 Å². The number of ether oxygens (including phenoxy) is 1. The molecule has 32 heavy (non-hydrogen) atoms. The number of fused-ring (bicyclic) bond motifs is 2. The highest BCUT2D eigenvalue weighted by molar-refractivity contribution is 7.99. The van der Waals surface area contributed by atoms with Crippen molar-refractivity contribution in [3.63, 3.8) is 0 Å². The predicted octanol–water partition coefficient (Wildman–Crippen LogP) is 4.16.